The van der Waals surface area contributed by atoms with Crippen molar-refractivity contribution in [1.82, 2.24) is 30.0 Å². The monoisotopic (exact) mass is 1030 g/mol. The van der Waals surface area contributed by atoms with Gasteiger partial charge in [0.2, 0.25) is 11.8 Å². The van der Waals surface area contributed by atoms with Crippen molar-refractivity contribution in [1.29, 1.82) is 0 Å². The van der Waals surface area contributed by atoms with E-state index in [0.717, 1.165) is 119 Å². The zero-order valence-corrected chi connectivity index (χ0v) is 44.3. The molecule has 15 nitrogen and oxygen atoms in total. The first-order valence-electron chi connectivity index (χ1n) is 26.5. The molecule has 1 atom stereocenters. The number of rotatable bonds is 12. The van der Waals surface area contributed by atoms with Gasteiger partial charge in [0.15, 0.2) is 10.8 Å². The number of hydrogen-bond donors (Lipinski definition) is 2. The summed E-state index contributed by atoms with van der Waals surface area (Å²) in [4.78, 5) is 69.2. The summed E-state index contributed by atoms with van der Waals surface area (Å²) in [6.45, 7) is 13.8. The van der Waals surface area contributed by atoms with E-state index in [0.29, 0.717) is 60.3 Å². The summed E-state index contributed by atoms with van der Waals surface area (Å²) in [7, 11) is 1.92. The minimum atomic E-state index is -0.734. The number of pyridine rings is 1. The fourth-order valence-electron chi connectivity index (χ4n) is 11.4. The highest BCUT2D eigenvalue weighted by atomic mass is 32.1. The Labute approximate surface area is 441 Å². The normalized spacial score (nSPS) is 19.5. The van der Waals surface area contributed by atoms with E-state index >= 15 is 0 Å². The van der Waals surface area contributed by atoms with Crippen molar-refractivity contribution in [2.24, 2.45) is 13.0 Å². The van der Waals surface area contributed by atoms with Crippen LogP contribution in [0.4, 0.5) is 16.6 Å². The molecule has 16 heteroatoms. The predicted molar refractivity (Wildman–Crippen MR) is 294 cm³/mol. The third-order valence-electron chi connectivity index (χ3n) is 15.5. The van der Waals surface area contributed by atoms with Crippen LogP contribution in [0.5, 0.6) is 5.75 Å². The third-order valence-corrected chi connectivity index (χ3v) is 16.5. The average molecular weight is 1030 g/mol. The minimum Gasteiger partial charge on any atom is -0.490 e. The van der Waals surface area contributed by atoms with Crippen molar-refractivity contribution < 1.29 is 28.7 Å². The van der Waals surface area contributed by atoms with E-state index in [2.05, 4.69) is 61.5 Å². The number of hydrogen-bond acceptors (Lipinski definition) is 13. The largest absolute Gasteiger partial charge is 0.490 e. The molecule has 0 bridgehead atoms. The van der Waals surface area contributed by atoms with Crippen molar-refractivity contribution in [2.75, 3.05) is 54.4 Å². The van der Waals surface area contributed by atoms with Gasteiger partial charge in [0, 0.05) is 74.9 Å². The molecule has 4 aromatic carbocycles. The number of anilines is 3. The molecular formula is C59H65N9O6S. The van der Waals surface area contributed by atoms with Gasteiger partial charge < -0.3 is 19.3 Å². The second-order valence-electron chi connectivity index (χ2n) is 21.6. The SMILES string of the molecule is Cc1c(OC2CCC(CCN3CCN(c4ccc5c(C6CCC(=O)NC6=O)nn(C)c5c4)CC3)CC2)cccc1-c1ccc(N2CCc3cccc(C(=O)Nc4nc5ccccc5s4)c3C2)nc1C(=O)OC(C)(C)C. The molecule has 1 saturated carbocycles. The molecular weight excluding hydrogens is 963 g/mol. The first-order chi connectivity index (χ1) is 36.2. The van der Waals surface area contributed by atoms with Crippen LogP contribution in [-0.2, 0) is 34.3 Å². The molecule has 2 saturated heterocycles. The van der Waals surface area contributed by atoms with Crippen molar-refractivity contribution in [3.63, 3.8) is 0 Å². The molecule has 0 spiro atoms. The number of aryl methyl sites for hydroxylation is 1. The Balaban J connectivity index is 0.708. The van der Waals surface area contributed by atoms with Gasteiger partial charge in [-0.2, -0.15) is 5.10 Å². The van der Waals surface area contributed by atoms with Crippen LogP contribution in [0.2, 0.25) is 0 Å². The lowest BCUT2D eigenvalue weighted by Gasteiger charge is -2.37. The van der Waals surface area contributed by atoms with E-state index in [1.165, 1.54) is 17.8 Å². The smallest absolute Gasteiger partial charge is 0.358 e. The molecule has 1 unspecified atom stereocenters. The first kappa shape index (κ1) is 50.0. The molecule has 388 valence electrons. The zero-order chi connectivity index (χ0) is 52.0. The number of carbonyl (C=O) groups excluding carboxylic acids is 4. The molecule has 0 radical (unpaired) electrons. The number of esters is 1. The topological polar surface area (TPSA) is 164 Å². The highest BCUT2D eigenvalue weighted by Crippen LogP contribution is 2.38. The van der Waals surface area contributed by atoms with Crippen LogP contribution >= 0.6 is 11.3 Å². The second kappa shape index (κ2) is 20.9. The summed E-state index contributed by atoms with van der Waals surface area (Å²) in [6.07, 6.45) is 7.05. The Hall–Kier alpha value is -7.17. The lowest BCUT2D eigenvalue weighted by Crippen LogP contribution is -2.47. The van der Waals surface area contributed by atoms with Gasteiger partial charge in [0.1, 0.15) is 17.2 Å². The Kier molecular flexibility index (Phi) is 13.9. The highest BCUT2D eigenvalue weighted by Gasteiger charge is 2.33. The van der Waals surface area contributed by atoms with Crippen LogP contribution in [0.1, 0.15) is 115 Å². The summed E-state index contributed by atoms with van der Waals surface area (Å²) < 4.78 is 15.7. The number of para-hydroxylation sites is 1. The summed E-state index contributed by atoms with van der Waals surface area (Å²) in [5, 5.41) is 11.8. The molecule has 1 aliphatic carbocycles. The van der Waals surface area contributed by atoms with Gasteiger partial charge in [-0.1, -0.05) is 47.7 Å². The molecule has 7 aromatic rings. The quantitative estimate of drug-likeness (QED) is 0.0881. The molecule has 3 fully saturated rings. The number of imide groups is 1. The molecule has 6 heterocycles. The van der Waals surface area contributed by atoms with Crippen LogP contribution in [0.25, 0.3) is 32.2 Å². The molecule has 3 aliphatic heterocycles. The number of piperazine rings is 1. The van der Waals surface area contributed by atoms with Crippen molar-refractivity contribution in [3.8, 4) is 16.9 Å². The summed E-state index contributed by atoms with van der Waals surface area (Å²) in [5.74, 6) is 0.517. The van der Waals surface area contributed by atoms with Crippen LogP contribution < -0.4 is 25.2 Å². The number of carbonyl (C=O) groups is 4. The van der Waals surface area contributed by atoms with E-state index in [1.54, 1.807) is 0 Å². The Morgan fingerprint density at radius 1 is 0.827 bits per heavy atom. The van der Waals surface area contributed by atoms with Gasteiger partial charge in [0.05, 0.1) is 33.4 Å². The van der Waals surface area contributed by atoms with Crippen LogP contribution in [0, 0.1) is 12.8 Å². The van der Waals surface area contributed by atoms with Crippen LogP contribution in [0.15, 0.2) is 91.0 Å². The van der Waals surface area contributed by atoms with Gasteiger partial charge in [-0.25, -0.2) is 14.8 Å². The third kappa shape index (κ3) is 10.7. The highest BCUT2D eigenvalue weighted by molar-refractivity contribution is 7.22. The molecule has 2 N–H and O–H groups in total. The Morgan fingerprint density at radius 3 is 2.41 bits per heavy atom. The minimum absolute atomic E-state index is 0.108. The molecule has 75 heavy (non-hydrogen) atoms. The fraction of sp³-hybridized carbons (Fsp3) is 0.407. The van der Waals surface area contributed by atoms with Gasteiger partial charge in [-0.3, -0.25) is 34.6 Å². The van der Waals surface area contributed by atoms with Gasteiger partial charge >= 0.3 is 5.97 Å². The summed E-state index contributed by atoms with van der Waals surface area (Å²) >= 11 is 1.45. The first-order valence-corrected chi connectivity index (χ1v) is 27.3. The number of amides is 3. The summed E-state index contributed by atoms with van der Waals surface area (Å²) in [6, 6.07) is 30.1. The van der Waals surface area contributed by atoms with E-state index in [4.69, 9.17) is 19.6 Å². The lowest BCUT2D eigenvalue weighted by molar-refractivity contribution is -0.134. The predicted octanol–water partition coefficient (Wildman–Crippen LogP) is 9.99. The zero-order valence-electron chi connectivity index (χ0n) is 43.5. The molecule has 3 amide bonds. The van der Waals surface area contributed by atoms with E-state index < -0.39 is 17.5 Å². The summed E-state index contributed by atoms with van der Waals surface area (Å²) in [5.41, 5.74) is 8.40. The Bertz CT molecular complexity index is 3290. The number of benzene rings is 4. The number of ether oxygens (including phenoxy) is 2. The molecule has 11 rings (SSSR count). The number of fused-ring (bicyclic) bond motifs is 3. The molecule has 4 aliphatic rings. The maximum absolute atomic E-state index is 14.1. The Morgan fingerprint density at radius 2 is 1.63 bits per heavy atom. The maximum Gasteiger partial charge on any atom is 0.358 e. The van der Waals surface area contributed by atoms with E-state index in [-0.39, 0.29) is 29.5 Å². The van der Waals surface area contributed by atoms with E-state index in [1.807, 2.05) is 99.2 Å². The number of nitrogens with one attached hydrogen (secondary N) is 2. The van der Waals surface area contributed by atoms with Crippen molar-refractivity contribution >= 4 is 72.8 Å². The van der Waals surface area contributed by atoms with Crippen LogP contribution in [-0.4, -0.2) is 99.3 Å². The fourth-order valence-corrected chi connectivity index (χ4v) is 12.3. The second-order valence-corrected chi connectivity index (χ2v) is 22.7. The number of thiazole rings is 1. The van der Waals surface area contributed by atoms with Crippen molar-refractivity contribution in [3.05, 3.63) is 125 Å². The number of nitrogens with zero attached hydrogens (tertiary/aromatic N) is 7. The van der Waals surface area contributed by atoms with Gasteiger partial charge in [0.25, 0.3) is 5.91 Å². The van der Waals surface area contributed by atoms with Gasteiger partial charge in [-0.15, -0.1) is 0 Å². The standard InChI is InChI=1S/C59H65N9O6S/c1-36-41(42-22-24-51(61-54(42)57(72)74-59(2,3)4)68-29-27-38-10-8-12-43(46(38)35-68)55(70)63-58-60-47-13-6-7-15-50(47)75-58)11-9-14-49(36)73-40-19-16-37(17-20-40)26-28-66-30-32-67(33-31-66)39-18-21-44-48(34-39)65(5)64-53(44)45-23-25-52(69)62-56(45)71/h6-15,18,21-22,24,34,37,40,45H,16-17,19-20,23,25-33,35H2,1-5H3,(H,60,63,70)(H,62,69,71). The number of piperidine rings is 1. The van der Waals surface area contributed by atoms with Gasteiger partial charge in [-0.05, 0) is 162 Å². The number of aromatic nitrogens is 4. The maximum atomic E-state index is 14.1. The van der Waals surface area contributed by atoms with Crippen molar-refractivity contribution in [2.45, 2.75) is 103 Å². The van der Waals surface area contributed by atoms with Crippen LogP contribution in [0.3, 0.4) is 0 Å². The molecule has 3 aromatic heterocycles. The van der Waals surface area contributed by atoms with E-state index in [9.17, 15) is 19.2 Å². The lowest BCUT2D eigenvalue weighted by atomic mass is 9.85. The average Bonchev–Trinajstić information content (AvgIpc) is 3.98.